The van der Waals surface area contributed by atoms with Crippen LogP contribution in [0.25, 0.3) is 0 Å². The minimum absolute atomic E-state index is 0.0651. The van der Waals surface area contributed by atoms with E-state index in [1.165, 1.54) is 11.1 Å². The van der Waals surface area contributed by atoms with E-state index in [2.05, 4.69) is 24.3 Å². The van der Waals surface area contributed by atoms with Gasteiger partial charge in [0.1, 0.15) is 17.6 Å². The molecule has 2 rings (SSSR count). The van der Waals surface area contributed by atoms with Crippen LogP contribution in [0, 0.1) is 0 Å². The Kier molecular flexibility index (Phi) is 9.62. The first-order chi connectivity index (χ1) is 13.5. The fourth-order valence-corrected chi connectivity index (χ4v) is 3.20. The first-order valence-electron chi connectivity index (χ1n) is 9.76. The number of nitrogens with zero attached hydrogens (tertiary/aromatic N) is 1. The summed E-state index contributed by atoms with van der Waals surface area (Å²) in [6, 6.07) is 16.4. The summed E-state index contributed by atoms with van der Waals surface area (Å²) in [6.07, 6.45) is 2.41. The SMILES string of the molecule is COc1cccc(CCc2ccccc2O[C@@H](C(C)OCCCCl)N(C)C)c1. The maximum Gasteiger partial charge on any atom is 0.178 e. The summed E-state index contributed by atoms with van der Waals surface area (Å²) in [4.78, 5) is 2.05. The Labute approximate surface area is 174 Å². The molecule has 2 aromatic carbocycles. The van der Waals surface area contributed by atoms with Crippen molar-refractivity contribution in [3.05, 3.63) is 59.7 Å². The molecule has 0 bridgehead atoms. The molecular weight excluding hydrogens is 374 g/mol. The van der Waals surface area contributed by atoms with Crippen molar-refractivity contribution in [3.63, 3.8) is 0 Å². The van der Waals surface area contributed by atoms with Crippen molar-refractivity contribution < 1.29 is 14.2 Å². The lowest BCUT2D eigenvalue weighted by molar-refractivity contribution is -0.0728. The van der Waals surface area contributed by atoms with Gasteiger partial charge in [-0.15, -0.1) is 11.6 Å². The Bertz CT molecular complexity index is 708. The monoisotopic (exact) mass is 405 g/mol. The lowest BCUT2D eigenvalue weighted by Gasteiger charge is -2.31. The number of ether oxygens (including phenoxy) is 3. The molecule has 0 fully saturated rings. The number of benzene rings is 2. The second-order valence-electron chi connectivity index (χ2n) is 7.05. The largest absolute Gasteiger partial charge is 0.497 e. The molecule has 0 amide bonds. The van der Waals surface area contributed by atoms with Crippen molar-refractivity contribution in [2.75, 3.05) is 33.7 Å². The van der Waals surface area contributed by atoms with Crippen LogP contribution in [0.2, 0.25) is 0 Å². The summed E-state index contributed by atoms with van der Waals surface area (Å²) in [5, 5.41) is 0. The molecule has 2 atom stereocenters. The average Bonchev–Trinajstić information content (AvgIpc) is 2.71. The van der Waals surface area contributed by atoms with Crippen LogP contribution < -0.4 is 9.47 Å². The molecule has 5 heteroatoms. The highest BCUT2D eigenvalue weighted by Gasteiger charge is 2.23. The van der Waals surface area contributed by atoms with Crippen LogP contribution in [0.3, 0.4) is 0 Å². The summed E-state index contributed by atoms with van der Waals surface area (Å²) in [7, 11) is 5.70. The molecule has 4 nitrogen and oxygen atoms in total. The minimum atomic E-state index is -0.173. The van der Waals surface area contributed by atoms with Crippen molar-refractivity contribution in [1.82, 2.24) is 4.90 Å². The van der Waals surface area contributed by atoms with Gasteiger partial charge >= 0.3 is 0 Å². The van der Waals surface area contributed by atoms with E-state index in [-0.39, 0.29) is 12.3 Å². The third-order valence-corrected chi connectivity index (χ3v) is 4.87. The number of alkyl halides is 1. The van der Waals surface area contributed by atoms with Gasteiger partial charge in [0.25, 0.3) is 0 Å². The minimum Gasteiger partial charge on any atom is -0.497 e. The van der Waals surface area contributed by atoms with Gasteiger partial charge in [-0.05, 0) is 69.6 Å². The molecule has 0 N–H and O–H groups in total. The summed E-state index contributed by atoms with van der Waals surface area (Å²) in [5.74, 6) is 2.39. The number of halogens is 1. The molecule has 0 aromatic heterocycles. The van der Waals surface area contributed by atoms with Crippen molar-refractivity contribution in [3.8, 4) is 11.5 Å². The van der Waals surface area contributed by atoms with Gasteiger partial charge in [-0.25, -0.2) is 0 Å². The van der Waals surface area contributed by atoms with Gasteiger partial charge in [-0.1, -0.05) is 30.3 Å². The Hall–Kier alpha value is -1.75. The van der Waals surface area contributed by atoms with Gasteiger partial charge in [0, 0.05) is 12.5 Å². The number of para-hydroxylation sites is 1. The maximum atomic E-state index is 6.38. The van der Waals surface area contributed by atoms with Crippen molar-refractivity contribution in [1.29, 1.82) is 0 Å². The zero-order chi connectivity index (χ0) is 20.4. The molecule has 28 heavy (non-hydrogen) atoms. The second kappa shape index (κ2) is 11.9. The number of methoxy groups -OCH3 is 1. The number of likely N-dealkylation sites (N-methyl/N-ethyl adjacent to an activating group) is 1. The predicted octanol–water partition coefficient (Wildman–Crippen LogP) is 4.78. The van der Waals surface area contributed by atoms with E-state index in [0.29, 0.717) is 12.5 Å². The highest BCUT2D eigenvalue weighted by Crippen LogP contribution is 2.24. The van der Waals surface area contributed by atoms with E-state index < -0.39 is 0 Å². The molecule has 0 radical (unpaired) electrons. The quantitative estimate of drug-likeness (QED) is 0.289. The topological polar surface area (TPSA) is 30.9 Å². The Morgan fingerprint density at radius 1 is 1.04 bits per heavy atom. The molecule has 0 aliphatic heterocycles. The summed E-state index contributed by atoms with van der Waals surface area (Å²) in [6.45, 7) is 2.67. The Morgan fingerprint density at radius 3 is 2.54 bits per heavy atom. The zero-order valence-electron chi connectivity index (χ0n) is 17.4. The molecule has 2 aromatic rings. The number of rotatable bonds is 12. The molecular formula is C23H32ClNO3. The fraction of sp³-hybridized carbons (Fsp3) is 0.478. The number of aryl methyl sites for hydroxylation is 2. The first-order valence-corrected chi connectivity index (χ1v) is 10.3. The van der Waals surface area contributed by atoms with Crippen LogP contribution in [0.15, 0.2) is 48.5 Å². The smallest absolute Gasteiger partial charge is 0.178 e. The van der Waals surface area contributed by atoms with Gasteiger partial charge in [-0.2, -0.15) is 0 Å². The highest BCUT2D eigenvalue weighted by atomic mass is 35.5. The van der Waals surface area contributed by atoms with Crippen LogP contribution >= 0.6 is 11.6 Å². The van der Waals surface area contributed by atoms with Crippen LogP contribution in [0.5, 0.6) is 11.5 Å². The maximum absolute atomic E-state index is 6.38. The summed E-state index contributed by atoms with van der Waals surface area (Å²) < 4.78 is 17.6. The van der Waals surface area contributed by atoms with E-state index in [0.717, 1.165) is 30.8 Å². The lowest BCUT2D eigenvalue weighted by Crippen LogP contribution is -2.43. The molecule has 0 aliphatic rings. The first kappa shape index (κ1) is 22.5. The van der Waals surface area contributed by atoms with Crippen LogP contribution in [-0.2, 0) is 17.6 Å². The van der Waals surface area contributed by atoms with Gasteiger partial charge < -0.3 is 14.2 Å². The molecule has 0 heterocycles. The van der Waals surface area contributed by atoms with Crippen molar-refractivity contribution in [2.24, 2.45) is 0 Å². The van der Waals surface area contributed by atoms with E-state index in [4.69, 9.17) is 25.8 Å². The molecule has 0 spiro atoms. The number of hydrogen-bond donors (Lipinski definition) is 0. The van der Waals surface area contributed by atoms with Crippen LogP contribution in [-0.4, -0.2) is 50.9 Å². The normalized spacial score (nSPS) is 13.4. The van der Waals surface area contributed by atoms with Crippen molar-refractivity contribution in [2.45, 2.75) is 38.5 Å². The third-order valence-electron chi connectivity index (χ3n) is 4.61. The fourth-order valence-electron chi connectivity index (χ4n) is 3.09. The molecule has 154 valence electrons. The molecule has 1 unspecified atom stereocenters. The third kappa shape index (κ3) is 7.01. The van der Waals surface area contributed by atoms with Crippen LogP contribution in [0.4, 0.5) is 0 Å². The highest BCUT2D eigenvalue weighted by molar-refractivity contribution is 6.17. The van der Waals surface area contributed by atoms with Crippen molar-refractivity contribution >= 4 is 11.6 Å². The van der Waals surface area contributed by atoms with E-state index in [1.807, 2.05) is 50.2 Å². The van der Waals surface area contributed by atoms with Gasteiger partial charge in [0.15, 0.2) is 6.23 Å². The van der Waals surface area contributed by atoms with E-state index in [1.54, 1.807) is 7.11 Å². The van der Waals surface area contributed by atoms with Gasteiger partial charge in [0.05, 0.1) is 7.11 Å². The van der Waals surface area contributed by atoms with Gasteiger partial charge in [0.2, 0.25) is 0 Å². The summed E-state index contributed by atoms with van der Waals surface area (Å²) in [5.41, 5.74) is 2.43. The number of hydrogen-bond acceptors (Lipinski definition) is 4. The Morgan fingerprint density at radius 2 is 1.82 bits per heavy atom. The molecule has 0 saturated carbocycles. The molecule has 0 saturated heterocycles. The second-order valence-corrected chi connectivity index (χ2v) is 7.43. The average molecular weight is 406 g/mol. The van der Waals surface area contributed by atoms with E-state index in [9.17, 15) is 0 Å². The lowest BCUT2D eigenvalue weighted by atomic mass is 10.0. The van der Waals surface area contributed by atoms with E-state index >= 15 is 0 Å². The summed E-state index contributed by atoms with van der Waals surface area (Å²) >= 11 is 5.75. The van der Waals surface area contributed by atoms with Crippen LogP contribution in [0.1, 0.15) is 24.5 Å². The zero-order valence-corrected chi connectivity index (χ0v) is 18.1. The Balaban J connectivity index is 2.06. The van der Waals surface area contributed by atoms with Gasteiger partial charge in [-0.3, -0.25) is 4.90 Å². The standard InChI is InChI=1S/C23H32ClNO3/c1-18(27-16-8-15-24)23(25(2)3)28-22-12-6-5-10-20(22)14-13-19-9-7-11-21(17-19)26-4/h5-7,9-12,17-18,23H,8,13-16H2,1-4H3/t18?,23-/m0/s1. The molecule has 0 aliphatic carbocycles. The predicted molar refractivity (Wildman–Crippen MR) is 116 cm³/mol.